The van der Waals surface area contributed by atoms with Crippen molar-refractivity contribution in [1.29, 1.82) is 0 Å². The van der Waals surface area contributed by atoms with E-state index in [0.717, 1.165) is 30.0 Å². The summed E-state index contributed by atoms with van der Waals surface area (Å²) in [6.07, 6.45) is 0. The van der Waals surface area contributed by atoms with E-state index in [2.05, 4.69) is 4.90 Å². The van der Waals surface area contributed by atoms with Gasteiger partial charge in [0.1, 0.15) is 5.75 Å². The van der Waals surface area contributed by atoms with Crippen LogP contribution in [-0.4, -0.2) is 58.0 Å². The normalized spacial score (nSPS) is 17.9. The Morgan fingerprint density at radius 1 is 1.14 bits per heavy atom. The first-order chi connectivity index (χ1) is 10.3. The average molecular weight is 326 g/mol. The highest BCUT2D eigenvalue weighted by Gasteiger charge is 2.29. The summed E-state index contributed by atoms with van der Waals surface area (Å²) in [5.41, 5.74) is 1.67. The smallest absolute Gasteiger partial charge is 0.243 e. The predicted molar refractivity (Wildman–Crippen MR) is 88.1 cm³/mol. The van der Waals surface area contributed by atoms with Crippen LogP contribution in [0.3, 0.4) is 0 Å². The van der Waals surface area contributed by atoms with Crippen molar-refractivity contribution in [1.82, 2.24) is 9.21 Å². The van der Waals surface area contributed by atoms with Crippen molar-refractivity contribution in [2.75, 3.05) is 40.3 Å². The zero-order valence-corrected chi connectivity index (χ0v) is 14.9. The predicted octanol–water partition coefficient (Wildman–Crippen LogP) is 2.06. The summed E-state index contributed by atoms with van der Waals surface area (Å²) in [7, 11) is 0.188. The van der Waals surface area contributed by atoms with Crippen molar-refractivity contribution >= 4 is 10.0 Å². The minimum absolute atomic E-state index is 0.206. The lowest BCUT2D eigenvalue weighted by atomic mass is 10.0. The van der Waals surface area contributed by atoms with Crippen LogP contribution < -0.4 is 4.74 Å². The molecule has 1 aromatic carbocycles. The first-order valence-electron chi connectivity index (χ1n) is 7.64. The zero-order chi connectivity index (χ0) is 16.5. The van der Waals surface area contributed by atoms with E-state index in [-0.39, 0.29) is 5.92 Å². The van der Waals surface area contributed by atoms with Crippen molar-refractivity contribution in [3.63, 3.8) is 0 Å². The Kier molecular flexibility index (Phi) is 5.14. The van der Waals surface area contributed by atoms with E-state index < -0.39 is 10.0 Å². The van der Waals surface area contributed by atoms with E-state index in [4.69, 9.17) is 4.74 Å². The highest BCUT2D eigenvalue weighted by Crippen LogP contribution is 2.32. The lowest BCUT2D eigenvalue weighted by molar-refractivity contribution is 0.222. The van der Waals surface area contributed by atoms with E-state index in [0.29, 0.717) is 18.0 Å². The van der Waals surface area contributed by atoms with Crippen LogP contribution in [0.5, 0.6) is 5.75 Å². The second kappa shape index (κ2) is 6.56. The Bertz CT molecular complexity index is 633. The molecule has 1 fully saturated rings. The largest absolute Gasteiger partial charge is 0.496 e. The molecule has 1 aliphatic rings. The van der Waals surface area contributed by atoms with Gasteiger partial charge in [0.25, 0.3) is 0 Å². The van der Waals surface area contributed by atoms with Gasteiger partial charge in [-0.25, -0.2) is 8.42 Å². The van der Waals surface area contributed by atoms with Crippen molar-refractivity contribution < 1.29 is 13.2 Å². The molecule has 1 aliphatic heterocycles. The van der Waals surface area contributed by atoms with Crippen LogP contribution >= 0.6 is 0 Å². The number of hydrogen-bond donors (Lipinski definition) is 0. The third-order valence-corrected chi connectivity index (χ3v) is 6.27. The van der Waals surface area contributed by atoms with E-state index in [1.807, 2.05) is 33.9 Å². The molecule has 1 saturated heterocycles. The SMILES string of the molecule is COc1cc(C)c(S(=O)(=O)N2CCN(C)CC2)cc1C(C)C. The maximum atomic E-state index is 13.0. The molecule has 0 aliphatic carbocycles. The molecule has 5 nitrogen and oxygen atoms in total. The minimum atomic E-state index is -3.45. The minimum Gasteiger partial charge on any atom is -0.496 e. The van der Waals surface area contributed by atoms with Crippen LogP contribution in [0.15, 0.2) is 17.0 Å². The summed E-state index contributed by atoms with van der Waals surface area (Å²) in [6.45, 7) is 8.54. The molecule has 124 valence electrons. The van der Waals surface area contributed by atoms with Gasteiger partial charge in [-0.3, -0.25) is 0 Å². The third kappa shape index (κ3) is 3.29. The van der Waals surface area contributed by atoms with Gasteiger partial charge in [-0.1, -0.05) is 13.8 Å². The Morgan fingerprint density at radius 3 is 2.23 bits per heavy atom. The maximum Gasteiger partial charge on any atom is 0.243 e. The van der Waals surface area contributed by atoms with Crippen LogP contribution in [0.4, 0.5) is 0 Å². The molecular formula is C16H26N2O3S. The summed E-state index contributed by atoms with van der Waals surface area (Å²) in [5.74, 6) is 0.960. The van der Waals surface area contributed by atoms with Crippen LogP contribution in [0.25, 0.3) is 0 Å². The molecule has 1 aromatic rings. The second-order valence-electron chi connectivity index (χ2n) is 6.22. The van der Waals surface area contributed by atoms with E-state index in [9.17, 15) is 8.42 Å². The summed E-state index contributed by atoms with van der Waals surface area (Å²) >= 11 is 0. The lowest BCUT2D eigenvalue weighted by Gasteiger charge is -2.32. The van der Waals surface area contributed by atoms with E-state index >= 15 is 0 Å². The monoisotopic (exact) mass is 326 g/mol. The molecule has 0 radical (unpaired) electrons. The number of aryl methyl sites for hydroxylation is 1. The molecule has 0 atom stereocenters. The van der Waals surface area contributed by atoms with Gasteiger partial charge in [0.2, 0.25) is 10.0 Å². The molecular weight excluding hydrogens is 300 g/mol. The Labute approximate surface area is 133 Å². The van der Waals surface area contributed by atoms with E-state index in [1.165, 1.54) is 0 Å². The molecule has 1 heterocycles. The quantitative estimate of drug-likeness (QED) is 0.850. The average Bonchev–Trinajstić information content (AvgIpc) is 2.46. The number of methoxy groups -OCH3 is 1. The molecule has 0 N–H and O–H groups in total. The number of piperazine rings is 1. The molecule has 0 bridgehead atoms. The molecule has 0 spiro atoms. The van der Waals surface area contributed by atoms with Crippen molar-refractivity contribution in [3.05, 3.63) is 23.3 Å². The highest BCUT2D eigenvalue weighted by molar-refractivity contribution is 7.89. The van der Waals surface area contributed by atoms with Gasteiger partial charge in [0.15, 0.2) is 0 Å². The molecule has 0 amide bonds. The Balaban J connectivity index is 2.44. The summed E-state index contributed by atoms with van der Waals surface area (Å²) in [4.78, 5) is 2.55. The topological polar surface area (TPSA) is 49.9 Å². The fourth-order valence-corrected chi connectivity index (χ4v) is 4.41. The van der Waals surface area contributed by atoms with Crippen LogP contribution in [0.2, 0.25) is 0 Å². The third-order valence-electron chi connectivity index (χ3n) is 4.23. The van der Waals surface area contributed by atoms with Gasteiger partial charge in [-0.05, 0) is 43.1 Å². The highest BCUT2D eigenvalue weighted by atomic mass is 32.2. The molecule has 22 heavy (non-hydrogen) atoms. The summed E-state index contributed by atoms with van der Waals surface area (Å²) < 4.78 is 32.9. The molecule has 6 heteroatoms. The first kappa shape index (κ1) is 17.2. The Hall–Kier alpha value is -1.11. The number of benzene rings is 1. The summed E-state index contributed by atoms with van der Waals surface area (Å²) in [5, 5.41) is 0. The van der Waals surface area contributed by atoms with Gasteiger partial charge in [-0.2, -0.15) is 4.31 Å². The van der Waals surface area contributed by atoms with Gasteiger partial charge in [0.05, 0.1) is 12.0 Å². The fraction of sp³-hybridized carbons (Fsp3) is 0.625. The van der Waals surface area contributed by atoms with Crippen LogP contribution in [0.1, 0.15) is 30.9 Å². The molecule has 2 rings (SSSR count). The van der Waals surface area contributed by atoms with Crippen molar-refractivity contribution in [3.8, 4) is 5.75 Å². The van der Waals surface area contributed by atoms with Gasteiger partial charge < -0.3 is 9.64 Å². The first-order valence-corrected chi connectivity index (χ1v) is 9.08. The molecule has 0 saturated carbocycles. The fourth-order valence-electron chi connectivity index (χ4n) is 2.75. The molecule has 0 unspecified atom stereocenters. The Morgan fingerprint density at radius 2 is 1.73 bits per heavy atom. The number of sulfonamides is 1. The number of likely N-dealkylation sites (N-methyl/N-ethyl adjacent to an activating group) is 1. The van der Waals surface area contributed by atoms with Crippen LogP contribution in [-0.2, 0) is 10.0 Å². The lowest BCUT2D eigenvalue weighted by Crippen LogP contribution is -2.47. The standard InChI is InChI=1S/C16H26N2O3S/c1-12(2)14-11-16(13(3)10-15(14)21-5)22(19,20)18-8-6-17(4)7-9-18/h10-12H,6-9H2,1-5H3. The molecule has 0 aromatic heterocycles. The van der Waals surface area contributed by atoms with Crippen molar-refractivity contribution in [2.45, 2.75) is 31.6 Å². The number of nitrogens with zero attached hydrogens (tertiary/aromatic N) is 2. The van der Waals surface area contributed by atoms with Gasteiger partial charge in [-0.15, -0.1) is 0 Å². The van der Waals surface area contributed by atoms with Crippen LogP contribution in [0, 0.1) is 6.92 Å². The number of ether oxygens (including phenoxy) is 1. The van der Waals surface area contributed by atoms with E-state index in [1.54, 1.807) is 17.5 Å². The van der Waals surface area contributed by atoms with Gasteiger partial charge >= 0.3 is 0 Å². The van der Waals surface area contributed by atoms with Crippen molar-refractivity contribution in [2.24, 2.45) is 0 Å². The summed E-state index contributed by atoms with van der Waals surface area (Å²) in [6, 6.07) is 3.62. The number of rotatable bonds is 4. The zero-order valence-electron chi connectivity index (χ0n) is 14.1. The van der Waals surface area contributed by atoms with Gasteiger partial charge in [0, 0.05) is 26.2 Å². The second-order valence-corrected chi connectivity index (χ2v) is 8.13. The maximum absolute atomic E-state index is 13.0. The number of hydrogen-bond acceptors (Lipinski definition) is 4.